The molecule has 0 unspecified atom stereocenters. The molecule has 39 heavy (non-hydrogen) atoms. The van der Waals surface area contributed by atoms with Crippen LogP contribution in [0.15, 0.2) is 66.2 Å². The number of carbonyl (C=O) groups is 3. The average molecular weight is 538 g/mol. The summed E-state index contributed by atoms with van der Waals surface area (Å²) in [5, 5.41) is 26.2. The fraction of sp³-hybridized carbons (Fsp3) is 0.259. The Morgan fingerprint density at radius 3 is 2.56 bits per heavy atom. The van der Waals surface area contributed by atoms with Crippen molar-refractivity contribution in [1.82, 2.24) is 19.6 Å². The molecule has 1 aliphatic heterocycles. The Kier molecular flexibility index (Phi) is 8.25. The summed E-state index contributed by atoms with van der Waals surface area (Å²) in [5.74, 6) is -3.15. The van der Waals surface area contributed by atoms with Crippen molar-refractivity contribution in [2.24, 2.45) is 7.05 Å². The summed E-state index contributed by atoms with van der Waals surface area (Å²) in [6.07, 6.45) is 1.63. The van der Waals surface area contributed by atoms with Crippen molar-refractivity contribution in [1.29, 1.82) is 0 Å². The molecule has 204 valence electrons. The lowest BCUT2D eigenvalue weighted by atomic mass is 10.1. The molecule has 0 radical (unpaired) electrons. The number of carboxylic acids is 1. The first-order valence-electron chi connectivity index (χ1n) is 12.1. The number of carbonyl (C=O) groups excluding carboxylic acids is 2. The molecule has 4 rings (SSSR count). The number of carboxylic acid groups (broad SMARTS) is 1. The van der Waals surface area contributed by atoms with Crippen LogP contribution in [-0.2, 0) is 16.6 Å². The predicted molar refractivity (Wildman–Crippen MR) is 140 cm³/mol. The number of benzene rings is 2. The van der Waals surface area contributed by atoms with Crippen LogP contribution in [0, 0.1) is 5.82 Å². The maximum atomic E-state index is 13.5. The van der Waals surface area contributed by atoms with E-state index in [1.165, 1.54) is 30.0 Å². The number of rotatable bonds is 8. The van der Waals surface area contributed by atoms with Crippen molar-refractivity contribution in [2.75, 3.05) is 38.1 Å². The van der Waals surface area contributed by atoms with Crippen LogP contribution >= 0.6 is 0 Å². The molecule has 0 aliphatic carbocycles. The first-order chi connectivity index (χ1) is 18.6. The first kappa shape index (κ1) is 27.3. The highest BCUT2D eigenvalue weighted by molar-refractivity contribution is 6.04. The van der Waals surface area contributed by atoms with Gasteiger partial charge >= 0.3 is 5.97 Å². The van der Waals surface area contributed by atoms with Crippen LogP contribution < -0.4 is 10.1 Å². The number of piperazine rings is 1. The Balaban J connectivity index is 1.49. The predicted octanol–water partition coefficient (Wildman–Crippen LogP) is 2.88. The van der Waals surface area contributed by atoms with Crippen molar-refractivity contribution in [3.05, 3.63) is 77.6 Å². The fourth-order valence-electron chi connectivity index (χ4n) is 4.31. The van der Waals surface area contributed by atoms with Crippen LogP contribution in [0.5, 0.6) is 5.75 Å². The third kappa shape index (κ3) is 6.41. The molecule has 0 spiro atoms. The van der Waals surface area contributed by atoms with Crippen molar-refractivity contribution >= 4 is 23.5 Å². The Morgan fingerprint density at radius 2 is 1.90 bits per heavy atom. The lowest BCUT2D eigenvalue weighted by Gasteiger charge is -2.36. The van der Waals surface area contributed by atoms with Gasteiger partial charge in [-0.05, 0) is 42.5 Å². The van der Waals surface area contributed by atoms with E-state index in [4.69, 9.17) is 4.74 Å². The third-order valence-corrected chi connectivity index (χ3v) is 6.28. The SMILES string of the molecule is CC(=O)N1CCN(CCOc2ccc(NC(=O)c3cccc(F)c3)cc2-c2ccnn2C)C/C1=C(/O)C(=O)O. The number of aliphatic carboxylic acids is 1. The number of anilines is 1. The zero-order valence-corrected chi connectivity index (χ0v) is 21.4. The monoisotopic (exact) mass is 537 g/mol. The van der Waals surface area contributed by atoms with Crippen molar-refractivity contribution in [2.45, 2.75) is 6.92 Å². The molecular formula is C27H28FN5O6. The minimum atomic E-state index is -1.50. The summed E-state index contributed by atoms with van der Waals surface area (Å²) in [7, 11) is 1.77. The van der Waals surface area contributed by atoms with E-state index in [0.717, 1.165) is 11.8 Å². The largest absolute Gasteiger partial charge is 0.501 e. The zero-order chi connectivity index (χ0) is 28.1. The molecule has 2 aromatic carbocycles. The van der Waals surface area contributed by atoms with Gasteiger partial charge in [-0.2, -0.15) is 5.10 Å². The van der Waals surface area contributed by atoms with Crippen LogP contribution in [0.1, 0.15) is 17.3 Å². The average Bonchev–Trinajstić information content (AvgIpc) is 3.34. The van der Waals surface area contributed by atoms with Gasteiger partial charge in [0.15, 0.2) is 0 Å². The normalized spacial score (nSPS) is 15.1. The van der Waals surface area contributed by atoms with E-state index in [1.54, 1.807) is 42.2 Å². The minimum absolute atomic E-state index is 0.0372. The highest BCUT2D eigenvalue weighted by Gasteiger charge is 2.29. The van der Waals surface area contributed by atoms with Gasteiger partial charge in [0.2, 0.25) is 11.7 Å². The molecule has 3 N–H and O–H groups in total. The van der Waals surface area contributed by atoms with Gasteiger partial charge in [0, 0.05) is 63.2 Å². The number of amides is 2. The molecule has 1 aromatic heterocycles. The van der Waals surface area contributed by atoms with Crippen LogP contribution in [0.4, 0.5) is 10.1 Å². The topological polar surface area (TPSA) is 137 Å². The Hall–Kier alpha value is -4.71. The second-order valence-corrected chi connectivity index (χ2v) is 8.91. The van der Waals surface area contributed by atoms with E-state index in [-0.39, 0.29) is 36.9 Å². The van der Waals surface area contributed by atoms with Gasteiger partial charge in [-0.15, -0.1) is 0 Å². The molecule has 3 aromatic rings. The van der Waals surface area contributed by atoms with Crippen molar-refractivity contribution in [3.8, 4) is 17.0 Å². The molecule has 0 bridgehead atoms. The summed E-state index contributed by atoms with van der Waals surface area (Å²) in [6, 6.07) is 12.3. The summed E-state index contributed by atoms with van der Waals surface area (Å²) in [6.45, 7) is 2.71. The van der Waals surface area contributed by atoms with E-state index in [9.17, 15) is 29.0 Å². The van der Waals surface area contributed by atoms with Crippen molar-refractivity contribution in [3.63, 3.8) is 0 Å². The first-order valence-corrected chi connectivity index (χ1v) is 12.1. The summed E-state index contributed by atoms with van der Waals surface area (Å²) < 4.78 is 21.3. The number of hydrogen-bond acceptors (Lipinski definition) is 7. The van der Waals surface area contributed by atoms with Crippen LogP contribution in [0.2, 0.25) is 0 Å². The molecule has 0 atom stereocenters. The molecule has 12 heteroatoms. The second-order valence-electron chi connectivity index (χ2n) is 8.91. The number of hydrogen-bond donors (Lipinski definition) is 3. The van der Waals surface area contributed by atoms with Gasteiger partial charge in [0.25, 0.3) is 5.91 Å². The standard InChI is InChI=1S/C27H28FN5O6/c1-17(34)33-11-10-32(16-23(33)25(35)27(37)38)12-13-39-24-7-6-20(15-21(24)22-8-9-29-31(22)2)30-26(36)18-4-3-5-19(28)14-18/h3-9,14-15,35H,10-13,16H2,1-2H3,(H,30,36)(H,37,38)/b25-23-. The van der Waals surface area contributed by atoms with Gasteiger partial charge < -0.3 is 25.2 Å². The highest BCUT2D eigenvalue weighted by atomic mass is 19.1. The lowest BCUT2D eigenvalue weighted by Crippen LogP contribution is -2.48. The maximum absolute atomic E-state index is 13.5. The van der Waals surface area contributed by atoms with Gasteiger partial charge in [0.05, 0.1) is 11.4 Å². The van der Waals surface area contributed by atoms with E-state index < -0.39 is 23.5 Å². The number of ether oxygens (including phenoxy) is 1. The van der Waals surface area contributed by atoms with Crippen molar-refractivity contribution < 1.29 is 33.7 Å². The van der Waals surface area contributed by atoms with E-state index in [2.05, 4.69) is 10.4 Å². The number of aromatic nitrogens is 2. The number of halogens is 1. The summed E-state index contributed by atoms with van der Waals surface area (Å²) in [4.78, 5) is 39.0. The molecule has 1 aliphatic rings. The van der Waals surface area contributed by atoms with Gasteiger partial charge in [-0.1, -0.05) is 6.07 Å². The van der Waals surface area contributed by atoms with E-state index >= 15 is 0 Å². The number of nitrogens with zero attached hydrogens (tertiary/aromatic N) is 4. The molecule has 1 saturated heterocycles. The molecular weight excluding hydrogens is 509 g/mol. The van der Waals surface area contributed by atoms with Crippen LogP contribution in [-0.4, -0.2) is 80.4 Å². The van der Waals surface area contributed by atoms with Crippen LogP contribution in [0.25, 0.3) is 11.3 Å². The maximum Gasteiger partial charge on any atom is 0.372 e. The Bertz CT molecular complexity index is 1440. The van der Waals surface area contributed by atoms with Gasteiger partial charge in [-0.3, -0.25) is 19.2 Å². The Morgan fingerprint density at radius 1 is 1.10 bits per heavy atom. The smallest absolute Gasteiger partial charge is 0.372 e. The van der Waals surface area contributed by atoms with Gasteiger partial charge in [0.1, 0.15) is 18.2 Å². The fourth-order valence-corrected chi connectivity index (χ4v) is 4.31. The highest BCUT2D eigenvalue weighted by Crippen LogP contribution is 2.33. The number of aliphatic hydroxyl groups excluding tert-OH is 1. The molecule has 2 amide bonds. The number of aliphatic hydroxyl groups is 1. The quantitative estimate of drug-likeness (QED) is 0.295. The third-order valence-electron chi connectivity index (χ3n) is 6.28. The molecule has 2 heterocycles. The van der Waals surface area contributed by atoms with Gasteiger partial charge in [-0.25, -0.2) is 9.18 Å². The van der Waals surface area contributed by atoms with E-state index in [1.807, 2.05) is 4.90 Å². The Labute approximate surface area is 223 Å². The van der Waals surface area contributed by atoms with Crippen LogP contribution in [0.3, 0.4) is 0 Å². The second kappa shape index (κ2) is 11.8. The summed E-state index contributed by atoms with van der Waals surface area (Å²) >= 11 is 0. The summed E-state index contributed by atoms with van der Waals surface area (Å²) in [5.41, 5.74) is 2.10. The van der Waals surface area contributed by atoms with E-state index in [0.29, 0.717) is 30.1 Å². The number of nitrogens with one attached hydrogen (secondary N) is 1. The molecule has 0 saturated carbocycles. The molecule has 11 nitrogen and oxygen atoms in total. The lowest BCUT2D eigenvalue weighted by molar-refractivity contribution is -0.136. The zero-order valence-electron chi connectivity index (χ0n) is 21.4. The molecule has 1 fully saturated rings. The number of aryl methyl sites for hydroxylation is 1. The minimum Gasteiger partial charge on any atom is -0.501 e.